The molecule has 1 aliphatic heterocycles. The summed E-state index contributed by atoms with van der Waals surface area (Å²) in [5, 5.41) is 2.74. The van der Waals surface area contributed by atoms with Crippen molar-refractivity contribution in [3.63, 3.8) is 0 Å². The van der Waals surface area contributed by atoms with E-state index in [0.29, 0.717) is 45.0 Å². The van der Waals surface area contributed by atoms with Crippen LogP contribution < -0.4 is 5.32 Å². The number of nitrogens with one attached hydrogen (secondary N) is 1. The van der Waals surface area contributed by atoms with Gasteiger partial charge in [-0.2, -0.15) is 4.31 Å². The average Bonchev–Trinajstić information content (AvgIpc) is 2.45. The third-order valence-electron chi connectivity index (χ3n) is 3.44. The van der Waals surface area contributed by atoms with Crippen molar-refractivity contribution in [3.8, 4) is 0 Å². The number of carbonyl (C=O) groups excluding carboxylic acids is 1. The molecule has 1 aromatic heterocycles. The van der Waals surface area contributed by atoms with Crippen LogP contribution in [0.1, 0.15) is 6.42 Å². The molecule has 7 nitrogen and oxygen atoms in total. The van der Waals surface area contributed by atoms with Gasteiger partial charge in [0.15, 0.2) is 0 Å². The molecule has 1 aromatic rings. The summed E-state index contributed by atoms with van der Waals surface area (Å²) >= 11 is 3.32. The van der Waals surface area contributed by atoms with Crippen LogP contribution >= 0.6 is 15.9 Å². The zero-order chi connectivity index (χ0) is 16.2. The van der Waals surface area contributed by atoms with Crippen LogP contribution in [0.2, 0.25) is 0 Å². The Bertz CT molecular complexity index is 630. The summed E-state index contributed by atoms with van der Waals surface area (Å²) in [5.41, 5.74) is 0. The minimum atomic E-state index is -3.11. The molecule has 0 spiro atoms. The number of carbonyl (C=O) groups is 1. The van der Waals surface area contributed by atoms with Crippen LogP contribution in [0, 0.1) is 0 Å². The number of hydrogen-bond donors (Lipinski definition) is 1. The summed E-state index contributed by atoms with van der Waals surface area (Å²) in [6, 6.07) is 3.53. The molecule has 122 valence electrons. The first-order valence-corrected chi connectivity index (χ1v) is 9.57. The number of piperazine rings is 1. The molecule has 1 fully saturated rings. The molecule has 1 amide bonds. The van der Waals surface area contributed by atoms with Crippen LogP contribution in [0.3, 0.4) is 0 Å². The molecular weight excluding hydrogens is 372 g/mol. The molecule has 0 aromatic carbocycles. The first kappa shape index (κ1) is 17.3. The maximum absolute atomic E-state index is 11.9. The van der Waals surface area contributed by atoms with Gasteiger partial charge >= 0.3 is 0 Å². The first-order valence-electron chi connectivity index (χ1n) is 6.93. The fourth-order valence-corrected chi connectivity index (χ4v) is 3.38. The fourth-order valence-electron chi connectivity index (χ4n) is 2.22. The van der Waals surface area contributed by atoms with E-state index in [4.69, 9.17) is 0 Å². The van der Waals surface area contributed by atoms with Gasteiger partial charge in [-0.05, 0) is 12.1 Å². The number of pyridine rings is 1. The molecule has 0 bridgehead atoms. The normalized spacial score (nSPS) is 17.4. The summed E-state index contributed by atoms with van der Waals surface area (Å²) in [5.74, 6) is 0.414. The van der Waals surface area contributed by atoms with Crippen LogP contribution in [0.5, 0.6) is 0 Å². The maximum atomic E-state index is 11.9. The quantitative estimate of drug-likeness (QED) is 0.801. The highest BCUT2D eigenvalue weighted by Gasteiger charge is 2.23. The topological polar surface area (TPSA) is 82.6 Å². The van der Waals surface area contributed by atoms with Crippen molar-refractivity contribution in [2.45, 2.75) is 6.42 Å². The number of hydrogen-bond acceptors (Lipinski definition) is 5. The smallest absolute Gasteiger partial charge is 0.226 e. The lowest BCUT2D eigenvalue weighted by Gasteiger charge is -2.32. The third kappa shape index (κ3) is 5.31. The SMILES string of the molecule is CS(=O)(=O)N1CCN(CCC(=O)Nc2cc(Br)ccn2)CC1. The summed E-state index contributed by atoms with van der Waals surface area (Å²) in [4.78, 5) is 18.0. The Labute approximate surface area is 138 Å². The lowest BCUT2D eigenvalue weighted by atomic mass is 10.3. The van der Waals surface area contributed by atoms with E-state index in [2.05, 4.69) is 31.1 Å². The summed E-state index contributed by atoms with van der Waals surface area (Å²) in [6.07, 6.45) is 3.19. The fraction of sp³-hybridized carbons (Fsp3) is 0.538. The molecule has 0 aliphatic carbocycles. The molecule has 2 heterocycles. The van der Waals surface area contributed by atoms with Crippen molar-refractivity contribution in [2.75, 3.05) is 44.3 Å². The van der Waals surface area contributed by atoms with Crippen molar-refractivity contribution >= 4 is 37.7 Å². The molecule has 0 saturated carbocycles. The lowest BCUT2D eigenvalue weighted by Crippen LogP contribution is -2.48. The Morgan fingerprint density at radius 1 is 1.36 bits per heavy atom. The molecular formula is C13H19BrN4O3S. The second-order valence-corrected chi connectivity index (χ2v) is 8.06. The van der Waals surface area contributed by atoms with Crippen LogP contribution in [-0.2, 0) is 14.8 Å². The molecule has 0 unspecified atom stereocenters. The van der Waals surface area contributed by atoms with Crippen molar-refractivity contribution in [1.82, 2.24) is 14.2 Å². The predicted molar refractivity (Wildman–Crippen MR) is 88.0 cm³/mol. The maximum Gasteiger partial charge on any atom is 0.226 e. The molecule has 0 atom stereocenters. The predicted octanol–water partition coefficient (Wildman–Crippen LogP) is 0.750. The second-order valence-electron chi connectivity index (χ2n) is 5.16. The van der Waals surface area contributed by atoms with Gasteiger partial charge in [0.2, 0.25) is 15.9 Å². The van der Waals surface area contributed by atoms with Crippen LogP contribution in [-0.4, -0.2) is 67.5 Å². The van der Waals surface area contributed by atoms with E-state index in [1.165, 1.54) is 10.6 Å². The third-order valence-corrected chi connectivity index (χ3v) is 5.24. The van der Waals surface area contributed by atoms with E-state index in [1.807, 2.05) is 0 Å². The van der Waals surface area contributed by atoms with Gasteiger partial charge in [0.1, 0.15) is 5.82 Å². The Morgan fingerprint density at radius 2 is 2.05 bits per heavy atom. The number of sulfonamides is 1. The zero-order valence-electron chi connectivity index (χ0n) is 12.3. The summed E-state index contributed by atoms with van der Waals surface area (Å²) < 4.78 is 25.2. The standard InChI is InChI=1S/C13H19BrN4O3S/c1-22(20,21)18-8-6-17(7-9-18)5-3-13(19)16-12-10-11(14)2-4-15-12/h2,4,10H,3,5-9H2,1H3,(H,15,16,19). The number of amides is 1. The van der Waals surface area contributed by atoms with Crippen molar-refractivity contribution < 1.29 is 13.2 Å². The van der Waals surface area contributed by atoms with Crippen molar-refractivity contribution in [2.24, 2.45) is 0 Å². The highest BCUT2D eigenvalue weighted by atomic mass is 79.9. The molecule has 22 heavy (non-hydrogen) atoms. The number of anilines is 1. The Hall–Kier alpha value is -1.03. The molecule has 1 saturated heterocycles. The van der Waals surface area contributed by atoms with Gasteiger partial charge in [0.05, 0.1) is 6.26 Å². The minimum absolute atomic E-state index is 0.101. The zero-order valence-corrected chi connectivity index (χ0v) is 14.7. The molecule has 0 radical (unpaired) electrons. The largest absolute Gasteiger partial charge is 0.311 e. The van der Waals surface area contributed by atoms with Gasteiger partial charge in [-0.3, -0.25) is 4.79 Å². The van der Waals surface area contributed by atoms with E-state index in [-0.39, 0.29) is 5.91 Å². The number of halogens is 1. The van der Waals surface area contributed by atoms with Gasteiger partial charge in [-0.25, -0.2) is 13.4 Å². The number of nitrogens with zero attached hydrogens (tertiary/aromatic N) is 3. The van der Waals surface area contributed by atoms with Gasteiger partial charge in [-0.1, -0.05) is 15.9 Å². The monoisotopic (exact) mass is 390 g/mol. The molecule has 1 N–H and O–H groups in total. The second kappa shape index (κ2) is 7.49. The lowest BCUT2D eigenvalue weighted by molar-refractivity contribution is -0.116. The number of rotatable bonds is 5. The van der Waals surface area contributed by atoms with Crippen LogP contribution in [0.4, 0.5) is 5.82 Å². The average molecular weight is 391 g/mol. The summed E-state index contributed by atoms with van der Waals surface area (Å²) in [7, 11) is -3.11. The van der Waals surface area contributed by atoms with Gasteiger partial charge in [-0.15, -0.1) is 0 Å². The molecule has 2 rings (SSSR count). The highest BCUT2D eigenvalue weighted by molar-refractivity contribution is 9.10. The van der Waals surface area contributed by atoms with Crippen LogP contribution in [0.25, 0.3) is 0 Å². The van der Waals surface area contributed by atoms with E-state index < -0.39 is 10.0 Å². The highest BCUT2D eigenvalue weighted by Crippen LogP contribution is 2.13. The van der Waals surface area contributed by atoms with Gasteiger partial charge in [0.25, 0.3) is 0 Å². The minimum Gasteiger partial charge on any atom is -0.311 e. The number of aromatic nitrogens is 1. The van der Waals surface area contributed by atoms with Crippen molar-refractivity contribution in [1.29, 1.82) is 0 Å². The van der Waals surface area contributed by atoms with Gasteiger partial charge in [0, 0.05) is 49.8 Å². The Morgan fingerprint density at radius 3 is 2.64 bits per heavy atom. The van der Waals surface area contributed by atoms with E-state index in [9.17, 15) is 13.2 Å². The van der Waals surface area contributed by atoms with E-state index in [1.54, 1.807) is 18.3 Å². The van der Waals surface area contributed by atoms with Gasteiger partial charge < -0.3 is 10.2 Å². The summed E-state index contributed by atoms with van der Waals surface area (Å²) in [6.45, 7) is 2.86. The molecule has 1 aliphatic rings. The molecule has 9 heteroatoms. The first-order chi connectivity index (χ1) is 10.3. The van der Waals surface area contributed by atoms with E-state index in [0.717, 1.165) is 4.47 Å². The Kier molecular flexibility index (Phi) is 5.90. The van der Waals surface area contributed by atoms with Crippen LogP contribution in [0.15, 0.2) is 22.8 Å². The van der Waals surface area contributed by atoms with E-state index >= 15 is 0 Å². The van der Waals surface area contributed by atoms with Crippen molar-refractivity contribution in [3.05, 3.63) is 22.8 Å². The Balaban J connectivity index is 1.74.